The van der Waals surface area contributed by atoms with Gasteiger partial charge in [0, 0.05) is 8.07 Å². The average molecular weight is 254 g/mol. The second kappa shape index (κ2) is 5.53. The molecule has 0 amide bonds. The molecule has 0 radical (unpaired) electrons. The lowest BCUT2D eigenvalue weighted by atomic mass is 9.99. The zero-order valence-corrected chi connectivity index (χ0v) is 12.8. The molecule has 0 aromatic rings. The number of aliphatic hydroxyl groups is 1. The third kappa shape index (κ3) is 5.69. The van der Waals surface area contributed by atoms with Crippen molar-refractivity contribution >= 4 is 8.07 Å². The van der Waals surface area contributed by atoms with Crippen LogP contribution in [0.4, 0.5) is 0 Å². The molecule has 0 bridgehead atoms. The molecule has 1 rings (SSSR count). The first-order valence-corrected chi connectivity index (χ1v) is 10.2. The van der Waals surface area contributed by atoms with Crippen molar-refractivity contribution in [2.75, 3.05) is 6.61 Å². The number of epoxide rings is 1. The van der Waals surface area contributed by atoms with E-state index in [1.807, 2.05) is 6.92 Å². The number of hydrogen-bond donors (Lipinski definition) is 1. The highest BCUT2D eigenvalue weighted by Gasteiger charge is 2.45. The molecule has 1 heterocycles. The van der Waals surface area contributed by atoms with Crippen molar-refractivity contribution < 1.29 is 9.84 Å². The predicted molar refractivity (Wildman–Crippen MR) is 75.0 cm³/mol. The molecule has 3 heteroatoms. The van der Waals surface area contributed by atoms with E-state index in [-0.39, 0.29) is 11.7 Å². The van der Waals surface area contributed by atoms with Gasteiger partial charge in [0.25, 0.3) is 0 Å². The van der Waals surface area contributed by atoms with Crippen LogP contribution in [0.25, 0.3) is 0 Å². The zero-order chi connectivity index (χ0) is 13.1. The summed E-state index contributed by atoms with van der Waals surface area (Å²) in [5.74, 6) is 0. The van der Waals surface area contributed by atoms with E-state index in [0.29, 0.717) is 6.61 Å². The number of rotatable bonds is 6. The van der Waals surface area contributed by atoms with E-state index in [1.165, 1.54) is 11.6 Å². The fourth-order valence-electron chi connectivity index (χ4n) is 1.57. The van der Waals surface area contributed by atoms with Crippen molar-refractivity contribution in [3.63, 3.8) is 0 Å². The van der Waals surface area contributed by atoms with Crippen molar-refractivity contribution in [1.82, 2.24) is 0 Å². The third-order valence-electron chi connectivity index (χ3n) is 3.16. The van der Waals surface area contributed by atoms with Crippen LogP contribution >= 0.6 is 0 Å². The first-order valence-electron chi connectivity index (χ1n) is 6.46. The largest absolute Gasteiger partial charge is 0.390 e. The molecule has 98 valence electrons. The lowest BCUT2D eigenvalue weighted by molar-refractivity contribution is 0.0778. The highest BCUT2D eigenvalue weighted by molar-refractivity contribution is 6.76. The van der Waals surface area contributed by atoms with Gasteiger partial charge in [0.15, 0.2) is 0 Å². The van der Waals surface area contributed by atoms with Gasteiger partial charge in [-0.3, -0.25) is 0 Å². The fraction of sp³-hybridized carbons (Fsp3) is 0.786. The molecule has 0 aromatic carbocycles. The van der Waals surface area contributed by atoms with Crippen LogP contribution in [0.5, 0.6) is 0 Å². The summed E-state index contributed by atoms with van der Waals surface area (Å²) in [5, 5.41) is 9.88. The normalized spacial score (nSPS) is 25.1. The molecule has 0 unspecified atom stereocenters. The Balaban J connectivity index is 2.33. The maximum Gasteiger partial charge on any atom is 0.115 e. The molecule has 1 aliphatic heterocycles. The molecule has 1 N–H and O–H groups in total. The Labute approximate surface area is 106 Å². The summed E-state index contributed by atoms with van der Waals surface area (Å²) in [6.07, 6.45) is 3.51. The number of aliphatic hydroxyl groups excluding tert-OH is 1. The van der Waals surface area contributed by atoms with E-state index in [9.17, 15) is 5.11 Å². The monoisotopic (exact) mass is 254 g/mol. The summed E-state index contributed by atoms with van der Waals surface area (Å²) >= 11 is 0. The van der Waals surface area contributed by atoms with E-state index in [1.54, 1.807) is 0 Å². The minimum absolute atomic E-state index is 0.262. The van der Waals surface area contributed by atoms with Crippen molar-refractivity contribution in [3.05, 3.63) is 17.4 Å². The molecule has 2 nitrogen and oxygen atoms in total. The van der Waals surface area contributed by atoms with E-state index in [4.69, 9.17) is 4.74 Å². The average Bonchev–Trinajstić information content (AvgIpc) is 2.92. The summed E-state index contributed by atoms with van der Waals surface area (Å²) in [4.78, 5) is 0. The van der Waals surface area contributed by atoms with Gasteiger partial charge in [-0.2, -0.15) is 0 Å². The van der Waals surface area contributed by atoms with Crippen LogP contribution in [0.15, 0.2) is 17.4 Å². The highest BCUT2D eigenvalue weighted by Crippen LogP contribution is 2.32. The molecular formula is C14H26O2Si. The SMILES string of the molecule is CC(=C=CC[Si](C)(C)C)CC[C@H](O)[C@@]1(C)CO1. The van der Waals surface area contributed by atoms with E-state index in [2.05, 4.69) is 38.4 Å². The Hall–Kier alpha value is -0.343. The molecule has 0 aliphatic carbocycles. The van der Waals surface area contributed by atoms with Gasteiger partial charge in [-0.15, -0.1) is 5.73 Å². The topological polar surface area (TPSA) is 32.8 Å². The molecule has 0 aromatic heterocycles. The molecule has 1 saturated heterocycles. The van der Waals surface area contributed by atoms with Crippen molar-refractivity contribution in [3.8, 4) is 0 Å². The van der Waals surface area contributed by atoms with E-state index >= 15 is 0 Å². The predicted octanol–water partition coefficient (Wildman–Crippen LogP) is 3.36. The second-order valence-corrected chi connectivity index (χ2v) is 12.1. The summed E-state index contributed by atoms with van der Waals surface area (Å²) < 4.78 is 5.23. The van der Waals surface area contributed by atoms with Crippen LogP contribution in [0.1, 0.15) is 26.7 Å². The maximum atomic E-state index is 9.88. The molecule has 0 saturated carbocycles. The third-order valence-corrected chi connectivity index (χ3v) is 4.59. The van der Waals surface area contributed by atoms with Gasteiger partial charge in [0.2, 0.25) is 0 Å². The Morgan fingerprint density at radius 1 is 1.53 bits per heavy atom. The van der Waals surface area contributed by atoms with Crippen LogP contribution in [-0.4, -0.2) is 31.5 Å². The van der Waals surface area contributed by atoms with Gasteiger partial charge < -0.3 is 9.84 Å². The minimum atomic E-state index is -0.989. The number of hydrogen-bond acceptors (Lipinski definition) is 2. The molecule has 2 atom stereocenters. The van der Waals surface area contributed by atoms with Gasteiger partial charge in [-0.1, -0.05) is 19.6 Å². The standard InChI is InChI=1S/C14H26O2Si/c1-12(7-6-10-17(3,4)5)8-9-13(15)14(2)11-16-14/h6,13,15H,8-11H2,1-5H3/t7?,13-,14+/m0/s1. The Morgan fingerprint density at radius 2 is 2.12 bits per heavy atom. The van der Waals surface area contributed by atoms with Crippen LogP contribution in [0.3, 0.4) is 0 Å². The van der Waals surface area contributed by atoms with Gasteiger partial charge in [-0.05, 0) is 44.4 Å². The van der Waals surface area contributed by atoms with Crippen LogP contribution in [-0.2, 0) is 4.74 Å². The second-order valence-electron chi connectivity index (χ2n) is 6.55. The van der Waals surface area contributed by atoms with Gasteiger partial charge in [-0.25, -0.2) is 0 Å². The molecular weight excluding hydrogens is 228 g/mol. The first kappa shape index (κ1) is 14.7. The Morgan fingerprint density at radius 3 is 2.59 bits per heavy atom. The van der Waals surface area contributed by atoms with Gasteiger partial charge >= 0.3 is 0 Å². The molecule has 1 fully saturated rings. The quantitative estimate of drug-likeness (QED) is 0.448. The van der Waals surface area contributed by atoms with Crippen molar-refractivity contribution in [2.45, 2.75) is 64.1 Å². The number of allylic oxidation sites excluding steroid dienone is 1. The lowest BCUT2D eigenvalue weighted by Crippen LogP contribution is -2.26. The van der Waals surface area contributed by atoms with Crippen molar-refractivity contribution in [1.29, 1.82) is 0 Å². The zero-order valence-electron chi connectivity index (χ0n) is 11.8. The highest BCUT2D eigenvalue weighted by atomic mass is 28.3. The smallest absolute Gasteiger partial charge is 0.115 e. The Kier molecular flexibility index (Phi) is 4.79. The Bertz CT molecular complexity index is 318. The van der Waals surface area contributed by atoms with E-state index < -0.39 is 8.07 Å². The number of ether oxygens (including phenoxy) is 1. The molecule has 1 aliphatic rings. The molecule has 0 spiro atoms. The molecule has 17 heavy (non-hydrogen) atoms. The van der Waals surface area contributed by atoms with Crippen LogP contribution < -0.4 is 0 Å². The summed E-state index contributed by atoms with van der Waals surface area (Å²) in [7, 11) is -0.989. The van der Waals surface area contributed by atoms with Crippen molar-refractivity contribution in [2.24, 2.45) is 0 Å². The maximum absolute atomic E-state index is 9.88. The van der Waals surface area contributed by atoms with Gasteiger partial charge in [0.05, 0.1) is 12.7 Å². The van der Waals surface area contributed by atoms with Crippen LogP contribution in [0, 0.1) is 0 Å². The lowest BCUT2D eigenvalue weighted by Gasteiger charge is -2.14. The van der Waals surface area contributed by atoms with Gasteiger partial charge in [0.1, 0.15) is 5.60 Å². The fourth-order valence-corrected chi connectivity index (χ4v) is 2.28. The summed E-state index contributed by atoms with van der Waals surface area (Å²) in [6.45, 7) is 11.8. The summed E-state index contributed by atoms with van der Waals surface area (Å²) in [5.41, 5.74) is 4.31. The first-order chi connectivity index (χ1) is 7.73. The van der Waals surface area contributed by atoms with E-state index in [0.717, 1.165) is 12.8 Å². The van der Waals surface area contributed by atoms with Crippen LogP contribution in [0.2, 0.25) is 25.7 Å². The minimum Gasteiger partial charge on any atom is -0.390 e. The summed E-state index contributed by atoms with van der Waals surface area (Å²) in [6, 6.07) is 1.17.